The molecule has 0 nitrogen and oxygen atoms in total. The first kappa shape index (κ1) is 21.0. The summed E-state index contributed by atoms with van der Waals surface area (Å²) in [6.45, 7) is 14.4. The first-order chi connectivity index (χ1) is 10.2. The standard InChI is InChI=1S/C21H44/c1-7-13-15-17-20(11-5)21(12-6,18-16-14-8-2)19(9-3)10-4/h19-20H,7-18H2,1-6H3. The smallest absolute Gasteiger partial charge is 0.0244 e. The van der Waals surface area contributed by atoms with E-state index in [2.05, 4.69) is 41.5 Å². The van der Waals surface area contributed by atoms with E-state index in [1.165, 1.54) is 77.0 Å². The fourth-order valence-corrected chi connectivity index (χ4v) is 4.84. The lowest BCUT2D eigenvalue weighted by molar-refractivity contribution is 0.0332. The molecular weight excluding hydrogens is 252 g/mol. The molecule has 0 spiro atoms. The van der Waals surface area contributed by atoms with E-state index >= 15 is 0 Å². The van der Waals surface area contributed by atoms with Gasteiger partial charge >= 0.3 is 0 Å². The van der Waals surface area contributed by atoms with Crippen LogP contribution < -0.4 is 0 Å². The van der Waals surface area contributed by atoms with Crippen LogP contribution >= 0.6 is 0 Å². The van der Waals surface area contributed by atoms with Crippen LogP contribution in [0.25, 0.3) is 0 Å². The monoisotopic (exact) mass is 296 g/mol. The lowest BCUT2D eigenvalue weighted by Gasteiger charge is -2.47. The number of rotatable bonds is 14. The Morgan fingerprint density at radius 3 is 1.57 bits per heavy atom. The Kier molecular flexibility index (Phi) is 12.5. The third-order valence-corrected chi connectivity index (χ3v) is 6.16. The van der Waals surface area contributed by atoms with Crippen molar-refractivity contribution >= 4 is 0 Å². The Bertz CT molecular complexity index is 216. The Morgan fingerprint density at radius 2 is 1.14 bits per heavy atom. The van der Waals surface area contributed by atoms with Crippen molar-refractivity contribution in [1.82, 2.24) is 0 Å². The van der Waals surface area contributed by atoms with E-state index in [-0.39, 0.29) is 0 Å². The van der Waals surface area contributed by atoms with Gasteiger partial charge in [0.1, 0.15) is 0 Å². The molecule has 0 saturated heterocycles. The predicted molar refractivity (Wildman–Crippen MR) is 98.9 cm³/mol. The van der Waals surface area contributed by atoms with Gasteiger partial charge in [-0.05, 0) is 36.5 Å². The summed E-state index contributed by atoms with van der Waals surface area (Å²) in [4.78, 5) is 0. The number of unbranched alkanes of at least 4 members (excludes halogenated alkanes) is 4. The molecular formula is C21H44. The van der Waals surface area contributed by atoms with Gasteiger partial charge in [-0.25, -0.2) is 0 Å². The van der Waals surface area contributed by atoms with Gasteiger partial charge in [0, 0.05) is 0 Å². The molecule has 0 fully saturated rings. The topological polar surface area (TPSA) is 0 Å². The first-order valence-corrected chi connectivity index (χ1v) is 10.2. The molecule has 128 valence electrons. The Hall–Kier alpha value is 0. The maximum Gasteiger partial charge on any atom is -0.0244 e. The SMILES string of the molecule is CCCCCC(CC)C(CC)(CCCCC)C(CC)CC. The summed E-state index contributed by atoms with van der Waals surface area (Å²) >= 11 is 0. The van der Waals surface area contributed by atoms with Crippen LogP contribution in [0, 0.1) is 17.3 Å². The van der Waals surface area contributed by atoms with Gasteiger partial charge < -0.3 is 0 Å². The van der Waals surface area contributed by atoms with E-state index in [0.29, 0.717) is 5.41 Å². The molecule has 21 heavy (non-hydrogen) atoms. The highest BCUT2D eigenvalue weighted by molar-refractivity contribution is 4.90. The maximum absolute atomic E-state index is 2.48. The van der Waals surface area contributed by atoms with Crippen molar-refractivity contribution in [2.45, 2.75) is 119 Å². The molecule has 0 aromatic heterocycles. The molecule has 0 saturated carbocycles. The van der Waals surface area contributed by atoms with E-state index in [1.807, 2.05) is 0 Å². The van der Waals surface area contributed by atoms with Crippen LogP contribution in [-0.2, 0) is 0 Å². The summed E-state index contributed by atoms with van der Waals surface area (Å²) in [6.07, 6.45) is 17.0. The molecule has 0 heteroatoms. The van der Waals surface area contributed by atoms with Gasteiger partial charge in [-0.3, -0.25) is 0 Å². The van der Waals surface area contributed by atoms with Crippen LogP contribution in [0.2, 0.25) is 0 Å². The fraction of sp³-hybridized carbons (Fsp3) is 1.00. The van der Waals surface area contributed by atoms with Gasteiger partial charge in [-0.2, -0.15) is 0 Å². The highest BCUT2D eigenvalue weighted by Crippen LogP contribution is 2.50. The van der Waals surface area contributed by atoms with E-state index < -0.39 is 0 Å². The summed E-state index contributed by atoms with van der Waals surface area (Å²) in [5, 5.41) is 0. The van der Waals surface area contributed by atoms with Gasteiger partial charge in [0.2, 0.25) is 0 Å². The third kappa shape index (κ3) is 6.33. The molecule has 0 bridgehead atoms. The van der Waals surface area contributed by atoms with Crippen molar-refractivity contribution in [2.75, 3.05) is 0 Å². The van der Waals surface area contributed by atoms with Gasteiger partial charge in [-0.15, -0.1) is 0 Å². The minimum Gasteiger partial charge on any atom is -0.0654 e. The summed E-state index contributed by atoms with van der Waals surface area (Å²) in [5.41, 5.74) is 0.626. The Labute approximate surface area is 136 Å². The average Bonchev–Trinajstić information content (AvgIpc) is 2.51. The first-order valence-electron chi connectivity index (χ1n) is 10.2. The lowest BCUT2D eigenvalue weighted by atomic mass is 9.58. The lowest BCUT2D eigenvalue weighted by Crippen LogP contribution is -2.37. The quantitative estimate of drug-likeness (QED) is 0.285. The van der Waals surface area contributed by atoms with E-state index in [0.717, 1.165) is 11.8 Å². The Morgan fingerprint density at radius 1 is 0.619 bits per heavy atom. The molecule has 0 radical (unpaired) electrons. The second-order valence-electron chi connectivity index (χ2n) is 7.16. The molecule has 0 aliphatic carbocycles. The van der Waals surface area contributed by atoms with Crippen molar-refractivity contribution in [3.05, 3.63) is 0 Å². The summed E-state index contributed by atoms with van der Waals surface area (Å²) in [7, 11) is 0. The summed E-state index contributed by atoms with van der Waals surface area (Å²) in [5.74, 6) is 1.89. The molecule has 0 aliphatic heterocycles. The zero-order chi connectivity index (χ0) is 16.1. The van der Waals surface area contributed by atoms with Gasteiger partial charge in [0.25, 0.3) is 0 Å². The molecule has 2 unspecified atom stereocenters. The van der Waals surface area contributed by atoms with Crippen molar-refractivity contribution in [3.63, 3.8) is 0 Å². The van der Waals surface area contributed by atoms with Crippen LogP contribution in [0.15, 0.2) is 0 Å². The average molecular weight is 297 g/mol. The highest BCUT2D eigenvalue weighted by Gasteiger charge is 2.40. The fourth-order valence-electron chi connectivity index (χ4n) is 4.84. The molecule has 0 amide bonds. The van der Waals surface area contributed by atoms with E-state index in [9.17, 15) is 0 Å². The minimum atomic E-state index is 0.626. The van der Waals surface area contributed by atoms with E-state index in [1.54, 1.807) is 0 Å². The van der Waals surface area contributed by atoms with E-state index in [4.69, 9.17) is 0 Å². The zero-order valence-corrected chi connectivity index (χ0v) is 16.1. The molecule has 0 N–H and O–H groups in total. The predicted octanol–water partition coefficient (Wildman–Crippen LogP) is 8.01. The molecule has 0 aromatic rings. The summed E-state index contributed by atoms with van der Waals surface area (Å²) < 4.78 is 0. The van der Waals surface area contributed by atoms with Crippen molar-refractivity contribution in [2.24, 2.45) is 17.3 Å². The molecule has 0 rings (SSSR count). The number of hydrogen-bond donors (Lipinski definition) is 0. The van der Waals surface area contributed by atoms with Crippen LogP contribution in [0.3, 0.4) is 0 Å². The second-order valence-corrected chi connectivity index (χ2v) is 7.16. The van der Waals surface area contributed by atoms with Gasteiger partial charge in [-0.1, -0.05) is 99.3 Å². The minimum absolute atomic E-state index is 0.626. The van der Waals surface area contributed by atoms with Crippen molar-refractivity contribution in [3.8, 4) is 0 Å². The second kappa shape index (κ2) is 12.5. The van der Waals surface area contributed by atoms with Gasteiger partial charge in [0.05, 0.1) is 0 Å². The molecule has 0 aliphatic rings. The normalized spacial score (nSPS) is 16.1. The van der Waals surface area contributed by atoms with Crippen LogP contribution in [-0.4, -0.2) is 0 Å². The van der Waals surface area contributed by atoms with Crippen molar-refractivity contribution in [1.29, 1.82) is 0 Å². The van der Waals surface area contributed by atoms with Gasteiger partial charge in [0.15, 0.2) is 0 Å². The van der Waals surface area contributed by atoms with Crippen LogP contribution in [0.4, 0.5) is 0 Å². The van der Waals surface area contributed by atoms with Crippen molar-refractivity contribution < 1.29 is 0 Å². The van der Waals surface area contributed by atoms with Crippen LogP contribution in [0.5, 0.6) is 0 Å². The Balaban J connectivity index is 5.08. The largest absolute Gasteiger partial charge is 0.0654 e. The number of hydrogen-bond acceptors (Lipinski definition) is 0. The highest BCUT2D eigenvalue weighted by atomic mass is 14.4. The summed E-state index contributed by atoms with van der Waals surface area (Å²) in [6, 6.07) is 0. The van der Waals surface area contributed by atoms with Crippen LogP contribution in [0.1, 0.15) is 119 Å². The molecule has 0 aromatic carbocycles. The molecule has 2 atom stereocenters. The molecule has 0 heterocycles. The maximum atomic E-state index is 2.48. The third-order valence-electron chi connectivity index (χ3n) is 6.16. The zero-order valence-electron chi connectivity index (χ0n) is 16.1.